The summed E-state index contributed by atoms with van der Waals surface area (Å²) in [6, 6.07) is 0. The van der Waals surface area contributed by atoms with Crippen molar-refractivity contribution in [3.63, 3.8) is 0 Å². The zero-order chi connectivity index (χ0) is 13.4. The van der Waals surface area contributed by atoms with Gasteiger partial charge in [0.2, 0.25) is 0 Å². The number of hydrogen-bond acceptors (Lipinski definition) is 2. The van der Waals surface area contributed by atoms with Gasteiger partial charge in [-0.05, 0) is 37.6 Å². The van der Waals surface area contributed by atoms with E-state index in [1.807, 2.05) is 7.05 Å². The zero-order valence-electron chi connectivity index (χ0n) is 12.9. The van der Waals surface area contributed by atoms with E-state index in [0.29, 0.717) is 0 Å². The lowest BCUT2D eigenvalue weighted by molar-refractivity contribution is 0.139. The normalized spacial score (nSPS) is 24.7. The molecule has 0 aromatic heterocycles. The molecule has 0 saturated carbocycles. The van der Waals surface area contributed by atoms with E-state index in [4.69, 9.17) is 0 Å². The van der Waals surface area contributed by atoms with Gasteiger partial charge in [0.15, 0.2) is 5.96 Å². The fourth-order valence-corrected chi connectivity index (χ4v) is 2.92. The average Bonchev–Trinajstić information content (AvgIpc) is 2.32. The van der Waals surface area contributed by atoms with Crippen LogP contribution in [0.15, 0.2) is 4.99 Å². The number of guanidine groups is 1. The minimum atomic E-state index is 0. The van der Waals surface area contributed by atoms with Crippen LogP contribution in [0.5, 0.6) is 0 Å². The van der Waals surface area contributed by atoms with Crippen LogP contribution in [0.3, 0.4) is 0 Å². The van der Waals surface area contributed by atoms with Crippen molar-refractivity contribution in [1.82, 2.24) is 15.5 Å². The molecule has 0 spiro atoms. The lowest BCUT2D eigenvalue weighted by Crippen LogP contribution is -2.39. The first-order chi connectivity index (χ1) is 8.65. The largest absolute Gasteiger partial charge is 0.359 e. The number of halogens is 1. The predicted molar refractivity (Wildman–Crippen MR) is 94.5 cm³/mol. The van der Waals surface area contributed by atoms with Crippen LogP contribution in [0.25, 0.3) is 0 Å². The molecule has 2 atom stereocenters. The maximum Gasteiger partial charge on any atom is 0.190 e. The summed E-state index contributed by atoms with van der Waals surface area (Å²) < 4.78 is 0. The van der Waals surface area contributed by atoms with Gasteiger partial charge in [-0.15, -0.1) is 24.0 Å². The van der Waals surface area contributed by atoms with E-state index < -0.39 is 0 Å². The Labute approximate surface area is 135 Å². The highest BCUT2D eigenvalue weighted by Gasteiger charge is 2.20. The summed E-state index contributed by atoms with van der Waals surface area (Å²) in [5.41, 5.74) is 0. The molecule has 0 radical (unpaired) electrons. The van der Waals surface area contributed by atoms with Gasteiger partial charge in [0.05, 0.1) is 0 Å². The molecule has 2 N–H and O–H groups in total. The van der Waals surface area contributed by atoms with Crippen molar-refractivity contribution in [3.05, 3.63) is 0 Å². The van der Waals surface area contributed by atoms with Crippen LogP contribution in [-0.4, -0.2) is 51.1 Å². The lowest BCUT2D eigenvalue weighted by atomic mass is 9.92. The molecule has 1 aliphatic rings. The molecule has 19 heavy (non-hydrogen) atoms. The Morgan fingerprint density at radius 1 is 1.21 bits per heavy atom. The molecule has 1 aliphatic heterocycles. The molecular formula is C14H31IN4. The maximum atomic E-state index is 4.10. The van der Waals surface area contributed by atoms with Crippen LogP contribution in [0.1, 0.15) is 33.1 Å². The highest BCUT2D eigenvalue weighted by atomic mass is 127. The molecule has 1 rings (SSSR count). The number of piperidine rings is 1. The third kappa shape index (κ3) is 7.97. The molecule has 0 aromatic carbocycles. The molecule has 1 fully saturated rings. The van der Waals surface area contributed by atoms with Crippen LogP contribution in [-0.2, 0) is 0 Å². The van der Waals surface area contributed by atoms with Crippen molar-refractivity contribution in [2.24, 2.45) is 16.8 Å². The Morgan fingerprint density at radius 3 is 2.37 bits per heavy atom. The van der Waals surface area contributed by atoms with Gasteiger partial charge in [-0.1, -0.05) is 13.8 Å². The van der Waals surface area contributed by atoms with Crippen molar-refractivity contribution in [1.29, 1.82) is 0 Å². The van der Waals surface area contributed by atoms with Crippen molar-refractivity contribution in [2.45, 2.75) is 33.1 Å². The molecule has 0 aliphatic carbocycles. The highest BCUT2D eigenvalue weighted by Crippen LogP contribution is 2.20. The summed E-state index contributed by atoms with van der Waals surface area (Å²) in [6.45, 7) is 9.58. The second-order valence-corrected chi connectivity index (χ2v) is 5.66. The molecule has 0 bridgehead atoms. The van der Waals surface area contributed by atoms with Crippen LogP contribution < -0.4 is 10.6 Å². The van der Waals surface area contributed by atoms with Crippen molar-refractivity contribution >= 4 is 29.9 Å². The van der Waals surface area contributed by atoms with Gasteiger partial charge in [-0.3, -0.25) is 4.99 Å². The first kappa shape index (κ1) is 19.0. The molecule has 0 aromatic rings. The van der Waals surface area contributed by atoms with E-state index in [1.165, 1.54) is 38.9 Å². The van der Waals surface area contributed by atoms with E-state index in [2.05, 4.69) is 34.4 Å². The Balaban J connectivity index is 0.00000324. The third-order valence-corrected chi connectivity index (χ3v) is 3.60. The Bertz CT molecular complexity index is 248. The molecule has 2 unspecified atom stereocenters. The van der Waals surface area contributed by atoms with Gasteiger partial charge in [-0.25, -0.2) is 0 Å². The molecule has 114 valence electrons. The number of nitrogens with zero attached hydrogens (tertiary/aromatic N) is 2. The van der Waals surface area contributed by atoms with Gasteiger partial charge < -0.3 is 15.5 Å². The number of hydrogen-bond donors (Lipinski definition) is 2. The Morgan fingerprint density at radius 2 is 1.84 bits per heavy atom. The number of aliphatic imine (C=N–C) groups is 1. The van der Waals surface area contributed by atoms with Gasteiger partial charge in [0.25, 0.3) is 0 Å². The quantitative estimate of drug-likeness (QED) is 0.331. The summed E-state index contributed by atoms with van der Waals surface area (Å²) in [7, 11) is 3.70. The number of nitrogens with one attached hydrogen (secondary N) is 2. The first-order valence-electron chi connectivity index (χ1n) is 7.26. The predicted octanol–water partition coefficient (Wildman–Crippen LogP) is 2.16. The second-order valence-electron chi connectivity index (χ2n) is 5.66. The summed E-state index contributed by atoms with van der Waals surface area (Å²) >= 11 is 0. The lowest BCUT2D eigenvalue weighted by Gasteiger charge is -2.34. The Kier molecular flexibility index (Phi) is 10.7. The average molecular weight is 382 g/mol. The molecular weight excluding hydrogens is 351 g/mol. The van der Waals surface area contributed by atoms with Crippen LogP contribution in [0.2, 0.25) is 0 Å². The summed E-state index contributed by atoms with van der Waals surface area (Å²) in [4.78, 5) is 6.73. The molecule has 0 amide bonds. The van der Waals surface area contributed by atoms with E-state index >= 15 is 0 Å². The van der Waals surface area contributed by atoms with Gasteiger partial charge in [-0.2, -0.15) is 0 Å². The minimum absolute atomic E-state index is 0. The molecule has 1 heterocycles. The van der Waals surface area contributed by atoms with Crippen molar-refractivity contribution in [2.75, 3.05) is 40.3 Å². The van der Waals surface area contributed by atoms with E-state index in [9.17, 15) is 0 Å². The van der Waals surface area contributed by atoms with Crippen molar-refractivity contribution < 1.29 is 0 Å². The monoisotopic (exact) mass is 382 g/mol. The van der Waals surface area contributed by atoms with E-state index in [0.717, 1.165) is 24.3 Å². The van der Waals surface area contributed by atoms with Gasteiger partial charge in [0, 0.05) is 33.7 Å². The number of rotatable bonds is 5. The van der Waals surface area contributed by atoms with Crippen LogP contribution in [0.4, 0.5) is 0 Å². The molecule has 4 nitrogen and oxygen atoms in total. The first-order valence-corrected chi connectivity index (χ1v) is 7.26. The summed E-state index contributed by atoms with van der Waals surface area (Å²) in [5, 5.41) is 6.33. The zero-order valence-corrected chi connectivity index (χ0v) is 15.2. The number of likely N-dealkylation sites (tertiary alicyclic amines) is 1. The number of unbranched alkanes of at least 4 members (excludes halogenated alkanes) is 1. The second kappa shape index (κ2) is 10.7. The smallest absolute Gasteiger partial charge is 0.190 e. The summed E-state index contributed by atoms with van der Waals surface area (Å²) in [6.07, 6.45) is 3.88. The van der Waals surface area contributed by atoms with Crippen molar-refractivity contribution in [3.8, 4) is 0 Å². The third-order valence-electron chi connectivity index (χ3n) is 3.60. The van der Waals surface area contributed by atoms with E-state index in [-0.39, 0.29) is 24.0 Å². The standard InChI is InChI=1S/C14H30N4.HI/c1-12-9-13(2)11-18(10-12)8-6-5-7-17-14(15-3)16-4;/h12-13H,5-11H2,1-4H3,(H2,15,16,17);1H. The van der Waals surface area contributed by atoms with Crippen LogP contribution in [0, 0.1) is 11.8 Å². The SMILES string of the molecule is CN=C(NC)NCCCCN1CC(C)CC(C)C1.I. The van der Waals surface area contributed by atoms with Gasteiger partial charge >= 0.3 is 0 Å². The molecule has 5 heteroatoms. The molecule has 1 saturated heterocycles. The minimum Gasteiger partial charge on any atom is -0.359 e. The maximum absolute atomic E-state index is 4.10. The van der Waals surface area contributed by atoms with Gasteiger partial charge in [0.1, 0.15) is 0 Å². The Hall–Kier alpha value is -0.0400. The van der Waals surface area contributed by atoms with E-state index in [1.54, 1.807) is 7.05 Å². The van der Waals surface area contributed by atoms with Crippen LogP contribution >= 0.6 is 24.0 Å². The summed E-state index contributed by atoms with van der Waals surface area (Å²) in [5.74, 6) is 2.63. The fraction of sp³-hybridized carbons (Fsp3) is 0.929. The fourth-order valence-electron chi connectivity index (χ4n) is 2.92. The topological polar surface area (TPSA) is 39.7 Å². The highest BCUT2D eigenvalue weighted by molar-refractivity contribution is 14.0.